The highest BCUT2D eigenvalue weighted by Crippen LogP contribution is 2.41. The number of rotatable bonds is 12. The molecule has 0 aliphatic carbocycles. The summed E-state index contributed by atoms with van der Waals surface area (Å²) in [6.45, 7) is 2.78. The van der Waals surface area contributed by atoms with Gasteiger partial charge in [0.2, 0.25) is 17.6 Å². The van der Waals surface area contributed by atoms with Crippen LogP contribution in [0.5, 0.6) is 17.2 Å². The fourth-order valence-corrected chi connectivity index (χ4v) is 4.42. The highest BCUT2D eigenvalue weighted by Gasteiger charge is 2.36. The largest absolute Gasteiger partial charge is 0.493 e. The van der Waals surface area contributed by atoms with Gasteiger partial charge in [-0.15, -0.1) is 0 Å². The van der Waals surface area contributed by atoms with Crippen molar-refractivity contribution in [2.75, 3.05) is 41.5 Å². The molecule has 1 fully saturated rings. The minimum Gasteiger partial charge on any atom is -0.493 e. The van der Waals surface area contributed by atoms with Gasteiger partial charge in [0.25, 0.3) is 0 Å². The molecule has 0 radical (unpaired) electrons. The van der Waals surface area contributed by atoms with E-state index in [0.29, 0.717) is 30.2 Å². The normalized spacial score (nSPS) is 16.1. The van der Waals surface area contributed by atoms with E-state index in [9.17, 15) is 9.59 Å². The molecule has 36 heavy (non-hydrogen) atoms. The minimum atomic E-state index is -0.508. The molecule has 2 aromatic rings. The molecule has 2 amide bonds. The number of hydrogen-bond acceptors (Lipinski definition) is 5. The lowest BCUT2D eigenvalue weighted by Gasteiger charge is -2.38. The first-order valence-corrected chi connectivity index (χ1v) is 12.5. The van der Waals surface area contributed by atoms with Crippen LogP contribution in [0.2, 0.25) is 0 Å². The molecule has 3 rings (SSSR count). The molecule has 1 saturated heterocycles. The van der Waals surface area contributed by atoms with E-state index in [4.69, 9.17) is 14.2 Å². The monoisotopic (exact) mass is 494 g/mol. The van der Waals surface area contributed by atoms with Crippen molar-refractivity contribution in [2.24, 2.45) is 0 Å². The van der Waals surface area contributed by atoms with E-state index in [1.54, 1.807) is 38.2 Å². The van der Waals surface area contributed by atoms with Gasteiger partial charge in [-0.2, -0.15) is 0 Å². The molecule has 0 bridgehead atoms. The molecule has 2 aromatic carbocycles. The minimum absolute atomic E-state index is 0.0102. The van der Waals surface area contributed by atoms with Crippen LogP contribution in [0.15, 0.2) is 48.6 Å². The maximum absolute atomic E-state index is 13.2. The summed E-state index contributed by atoms with van der Waals surface area (Å²) >= 11 is 0. The second-order valence-electron chi connectivity index (χ2n) is 9.02. The predicted octanol–water partition coefficient (Wildman–Crippen LogP) is 4.73. The summed E-state index contributed by atoms with van der Waals surface area (Å²) in [4.78, 5) is 29.1. The number of amides is 2. The first-order valence-electron chi connectivity index (χ1n) is 12.5. The van der Waals surface area contributed by atoms with Gasteiger partial charge in [0, 0.05) is 20.0 Å². The number of carbonyl (C=O) groups excluding carboxylic acids is 2. The van der Waals surface area contributed by atoms with E-state index < -0.39 is 6.04 Å². The van der Waals surface area contributed by atoms with E-state index in [2.05, 4.69) is 13.0 Å². The molecular weight excluding hydrogens is 456 g/mol. The Morgan fingerprint density at radius 2 is 1.58 bits per heavy atom. The van der Waals surface area contributed by atoms with Crippen molar-refractivity contribution in [1.29, 1.82) is 0 Å². The molecule has 1 atom stereocenters. The number of benzene rings is 2. The van der Waals surface area contributed by atoms with Gasteiger partial charge in [-0.1, -0.05) is 56.2 Å². The summed E-state index contributed by atoms with van der Waals surface area (Å²) in [5, 5.41) is 0. The molecule has 7 nitrogen and oxygen atoms in total. The molecule has 1 heterocycles. The van der Waals surface area contributed by atoms with Crippen LogP contribution in [-0.2, 0) is 16.0 Å². The molecule has 1 aliphatic rings. The second kappa shape index (κ2) is 13.0. The number of piperazine rings is 1. The van der Waals surface area contributed by atoms with E-state index in [0.717, 1.165) is 29.5 Å². The Balaban J connectivity index is 1.72. The standard InChI is InChI=1S/C29H38N2O5/c1-6-7-8-9-10-11-16-31-20-27(32)30(2)24(29(31)33)17-21-12-14-22(15-13-21)23-18-25(34-3)28(36-5)26(19-23)35-4/h10-15,18-19,24H,6-9,16-17,20H2,1-5H3/b11-10+. The third kappa shape index (κ3) is 6.39. The van der Waals surface area contributed by atoms with Crippen LogP contribution >= 0.6 is 0 Å². The maximum Gasteiger partial charge on any atom is 0.246 e. The lowest BCUT2D eigenvalue weighted by molar-refractivity contribution is -0.153. The number of carbonyl (C=O) groups is 2. The number of methoxy groups -OCH3 is 3. The summed E-state index contributed by atoms with van der Waals surface area (Å²) in [6, 6.07) is 11.3. The molecular formula is C29H38N2O5. The van der Waals surface area contributed by atoms with Crippen LogP contribution in [-0.4, -0.2) is 69.1 Å². The average molecular weight is 495 g/mol. The molecule has 1 aliphatic heterocycles. The van der Waals surface area contributed by atoms with Crippen molar-refractivity contribution < 1.29 is 23.8 Å². The zero-order chi connectivity index (χ0) is 26.1. The van der Waals surface area contributed by atoms with Gasteiger partial charge < -0.3 is 24.0 Å². The number of likely N-dealkylation sites (N-methyl/N-ethyl adjacent to an activating group) is 1. The molecule has 0 N–H and O–H groups in total. The van der Waals surface area contributed by atoms with Crippen molar-refractivity contribution in [3.63, 3.8) is 0 Å². The SMILES string of the molecule is CCCCC/C=C/CN1CC(=O)N(C)C(Cc2ccc(-c3cc(OC)c(OC)c(OC)c3)cc2)C1=O. The second-order valence-corrected chi connectivity index (χ2v) is 9.02. The number of allylic oxidation sites excluding steroid dienone is 1. The van der Waals surface area contributed by atoms with Crippen LogP contribution in [0.4, 0.5) is 0 Å². The fourth-order valence-electron chi connectivity index (χ4n) is 4.42. The number of nitrogens with zero attached hydrogens (tertiary/aromatic N) is 2. The molecule has 194 valence electrons. The number of hydrogen-bond donors (Lipinski definition) is 0. The van der Waals surface area contributed by atoms with Crippen molar-refractivity contribution in [3.8, 4) is 28.4 Å². The number of ether oxygens (including phenoxy) is 3. The molecule has 1 unspecified atom stereocenters. The van der Waals surface area contributed by atoms with Gasteiger partial charge >= 0.3 is 0 Å². The summed E-state index contributed by atoms with van der Waals surface area (Å²) in [5.74, 6) is 1.67. The van der Waals surface area contributed by atoms with Gasteiger partial charge in [-0.25, -0.2) is 0 Å². The first-order chi connectivity index (χ1) is 17.4. The average Bonchev–Trinajstić information content (AvgIpc) is 2.90. The van der Waals surface area contributed by atoms with Crippen molar-refractivity contribution >= 4 is 11.8 Å². The Morgan fingerprint density at radius 1 is 0.917 bits per heavy atom. The quantitative estimate of drug-likeness (QED) is 0.315. The summed E-state index contributed by atoms with van der Waals surface area (Å²) in [5.41, 5.74) is 2.89. The Bertz CT molecular complexity index is 1040. The molecule has 0 spiro atoms. The Hall–Kier alpha value is -3.48. The fraction of sp³-hybridized carbons (Fsp3) is 0.448. The topological polar surface area (TPSA) is 68.3 Å². The van der Waals surface area contributed by atoms with E-state index in [1.807, 2.05) is 42.5 Å². The van der Waals surface area contributed by atoms with Gasteiger partial charge in [0.15, 0.2) is 11.5 Å². The van der Waals surface area contributed by atoms with E-state index in [-0.39, 0.29) is 18.4 Å². The van der Waals surface area contributed by atoms with Crippen LogP contribution < -0.4 is 14.2 Å². The third-order valence-electron chi connectivity index (χ3n) is 6.63. The summed E-state index contributed by atoms with van der Waals surface area (Å²) < 4.78 is 16.4. The van der Waals surface area contributed by atoms with Gasteiger partial charge in [0.05, 0.1) is 21.3 Å². The smallest absolute Gasteiger partial charge is 0.246 e. The van der Waals surface area contributed by atoms with E-state index in [1.165, 1.54) is 12.8 Å². The number of unbranched alkanes of at least 4 members (excludes halogenated alkanes) is 3. The first kappa shape index (κ1) is 27.1. The lowest BCUT2D eigenvalue weighted by Crippen LogP contribution is -2.59. The maximum atomic E-state index is 13.2. The van der Waals surface area contributed by atoms with Crippen molar-refractivity contribution in [3.05, 3.63) is 54.1 Å². The van der Waals surface area contributed by atoms with Crippen molar-refractivity contribution in [2.45, 2.75) is 45.1 Å². The summed E-state index contributed by atoms with van der Waals surface area (Å²) in [6.07, 6.45) is 9.13. The molecule has 0 aromatic heterocycles. The van der Waals surface area contributed by atoms with Gasteiger partial charge in [-0.3, -0.25) is 9.59 Å². The Morgan fingerprint density at radius 3 is 2.17 bits per heavy atom. The van der Waals surface area contributed by atoms with Crippen LogP contribution in [0.25, 0.3) is 11.1 Å². The lowest BCUT2D eigenvalue weighted by atomic mass is 9.98. The van der Waals surface area contributed by atoms with Crippen molar-refractivity contribution in [1.82, 2.24) is 9.80 Å². The Labute approximate surface area is 214 Å². The molecule has 0 saturated carbocycles. The van der Waals surface area contributed by atoms with E-state index >= 15 is 0 Å². The van der Waals surface area contributed by atoms with Crippen LogP contribution in [0.3, 0.4) is 0 Å². The highest BCUT2D eigenvalue weighted by atomic mass is 16.5. The third-order valence-corrected chi connectivity index (χ3v) is 6.63. The van der Waals surface area contributed by atoms with Gasteiger partial charge in [0.1, 0.15) is 12.6 Å². The van der Waals surface area contributed by atoms with Crippen LogP contribution in [0.1, 0.15) is 38.2 Å². The highest BCUT2D eigenvalue weighted by molar-refractivity contribution is 5.95. The zero-order valence-corrected chi connectivity index (χ0v) is 22.1. The van der Waals surface area contributed by atoms with Gasteiger partial charge in [-0.05, 0) is 41.7 Å². The molecule has 7 heteroatoms. The van der Waals surface area contributed by atoms with Crippen LogP contribution in [0, 0.1) is 0 Å². The predicted molar refractivity (Wildman–Crippen MR) is 142 cm³/mol. The zero-order valence-electron chi connectivity index (χ0n) is 22.1. The summed E-state index contributed by atoms with van der Waals surface area (Å²) in [7, 11) is 6.48. The Kier molecular flexibility index (Phi) is 9.79.